The van der Waals surface area contributed by atoms with Crippen LogP contribution in [0.1, 0.15) is 23.9 Å². The molecule has 0 radical (unpaired) electrons. The van der Waals surface area contributed by atoms with Crippen molar-refractivity contribution in [1.29, 1.82) is 0 Å². The molecule has 0 spiro atoms. The molecule has 4 nitrogen and oxygen atoms in total. The Morgan fingerprint density at radius 3 is 3.00 bits per heavy atom. The Hall–Kier alpha value is -1.46. The van der Waals surface area contributed by atoms with Crippen LogP contribution in [0, 0.1) is 0 Å². The van der Waals surface area contributed by atoms with E-state index in [1.807, 2.05) is 24.3 Å². The van der Waals surface area contributed by atoms with Crippen molar-refractivity contribution in [2.75, 3.05) is 13.7 Å². The predicted octanol–water partition coefficient (Wildman–Crippen LogP) is 2.64. The Morgan fingerprint density at radius 2 is 2.22 bits per heavy atom. The molecule has 0 saturated carbocycles. The Kier molecular flexibility index (Phi) is 3.25. The second-order valence-corrected chi connectivity index (χ2v) is 5.30. The molecule has 3 rings (SSSR count). The molecule has 0 amide bonds. The monoisotopic (exact) mass is 261 g/mol. The van der Waals surface area contributed by atoms with E-state index in [4.69, 9.17) is 4.74 Å². The van der Waals surface area contributed by atoms with Gasteiger partial charge in [0.2, 0.25) is 0 Å². The third-order valence-corrected chi connectivity index (χ3v) is 4.21. The van der Waals surface area contributed by atoms with E-state index in [9.17, 15) is 0 Å². The molecule has 94 valence electrons. The van der Waals surface area contributed by atoms with Crippen molar-refractivity contribution in [3.05, 3.63) is 29.3 Å². The SMILES string of the molecule is COc1ccccc1-c1nnc(C2CCCN2)s1. The Labute approximate surface area is 110 Å². The summed E-state index contributed by atoms with van der Waals surface area (Å²) in [6, 6.07) is 8.30. The third-order valence-electron chi connectivity index (χ3n) is 3.14. The summed E-state index contributed by atoms with van der Waals surface area (Å²) in [6.45, 7) is 1.08. The second-order valence-electron chi connectivity index (χ2n) is 4.29. The van der Waals surface area contributed by atoms with E-state index in [2.05, 4.69) is 15.5 Å². The topological polar surface area (TPSA) is 47.0 Å². The van der Waals surface area contributed by atoms with Crippen LogP contribution in [-0.2, 0) is 0 Å². The third kappa shape index (κ3) is 2.11. The van der Waals surface area contributed by atoms with Crippen molar-refractivity contribution < 1.29 is 4.74 Å². The number of para-hydroxylation sites is 1. The fraction of sp³-hybridized carbons (Fsp3) is 0.385. The van der Waals surface area contributed by atoms with Gasteiger partial charge < -0.3 is 10.1 Å². The summed E-state index contributed by atoms with van der Waals surface area (Å²) < 4.78 is 5.36. The molecule has 1 atom stereocenters. The van der Waals surface area contributed by atoms with Crippen molar-refractivity contribution >= 4 is 11.3 Å². The minimum atomic E-state index is 0.381. The number of ether oxygens (including phenoxy) is 1. The molecule has 18 heavy (non-hydrogen) atoms. The predicted molar refractivity (Wildman–Crippen MR) is 71.9 cm³/mol. The molecular formula is C13H15N3OS. The lowest BCUT2D eigenvalue weighted by molar-refractivity contribution is 0.416. The van der Waals surface area contributed by atoms with Crippen LogP contribution in [-0.4, -0.2) is 23.9 Å². The van der Waals surface area contributed by atoms with Crippen LogP contribution in [0.15, 0.2) is 24.3 Å². The number of rotatable bonds is 3. The first-order valence-corrected chi connectivity index (χ1v) is 6.90. The van der Waals surface area contributed by atoms with Crippen LogP contribution in [0.25, 0.3) is 10.6 Å². The van der Waals surface area contributed by atoms with Crippen LogP contribution in [0.3, 0.4) is 0 Å². The van der Waals surface area contributed by atoms with Crippen LogP contribution >= 0.6 is 11.3 Å². The molecule has 1 aromatic heterocycles. The van der Waals surface area contributed by atoms with Crippen LogP contribution in [0.2, 0.25) is 0 Å². The van der Waals surface area contributed by atoms with E-state index >= 15 is 0 Å². The highest BCUT2D eigenvalue weighted by atomic mass is 32.1. The van der Waals surface area contributed by atoms with Crippen LogP contribution in [0.4, 0.5) is 0 Å². The van der Waals surface area contributed by atoms with Gasteiger partial charge in [-0.2, -0.15) is 0 Å². The second kappa shape index (κ2) is 5.04. The van der Waals surface area contributed by atoms with Gasteiger partial charge in [0.15, 0.2) is 5.01 Å². The van der Waals surface area contributed by atoms with Crippen molar-refractivity contribution in [1.82, 2.24) is 15.5 Å². The van der Waals surface area contributed by atoms with Gasteiger partial charge in [-0.3, -0.25) is 0 Å². The highest BCUT2D eigenvalue weighted by molar-refractivity contribution is 7.14. The van der Waals surface area contributed by atoms with Gasteiger partial charge in [-0.05, 0) is 31.5 Å². The van der Waals surface area contributed by atoms with E-state index in [-0.39, 0.29) is 0 Å². The standard InChI is InChI=1S/C13H15N3OS/c1-17-11-7-3-2-5-9(11)12-15-16-13(18-12)10-6-4-8-14-10/h2-3,5,7,10,14H,4,6,8H2,1H3. The minimum absolute atomic E-state index is 0.381. The van der Waals surface area contributed by atoms with Gasteiger partial charge in [0, 0.05) is 0 Å². The van der Waals surface area contributed by atoms with Crippen LogP contribution < -0.4 is 10.1 Å². The summed E-state index contributed by atoms with van der Waals surface area (Å²) in [5.74, 6) is 0.847. The number of nitrogens with one attached hydrogen (secondary N) is 1. The summed E-state index contributed by atoms with van der Waals surface area (Å²) in [4.78, 5) is 0. The van der Waals surface area contributed by atoms with Gasteiger partial charge in [0.05, 0.1) is 18.7 Å². The van der Waals surface area contributed by atoms with Gasteiger partial charge >= 0.3 is 0 Å². The number of aromatic nitrogens is 2. The number of nitrogens with zero attached hydrogens (tertiary/aromatic N) is 2. The van der Waals surface area contributed by atoms with Gasteiger partial charge in [-0.1, -0.05) is 23.5 Å². The summed E-state index contributed by atoms with van der Waals surface area (Å²) in [6.07, 6.45) is 2.37. The molecule has 1 fully saturated rings. The summed E-state index contributed by atoms with van der Waals surface area (Å²) >= 11 is 1.65. The maximum atomic E-state index is 5.36. The summed E-state index contributed by atoms with van der Waals surface area (Å²) in [5.41, 5.74) is 1.02. The smallest absolute Gasteiger partial charge is 0.151 e. The van der Waals surface area contributed by atoms with Gasteiger partial charge in [0.25, 0.3) is 0 Å². The molecule has 1 aliphatic rings. The normalized spacial score (nSPS) is 19.1. The molecule has 5 heteroatoms. The maximum Gasteiger partial charge on any atom is 0.151 e. The Balaban J connectivity index is 1.92. The van der Waals surface area contributed by atoms with E-state index in [0.29, 0.717) is 6.04 Å². The zero-order chi connectivity index (χ0) is 12.4. The van der Waals surface area contributed by atoms with Crippen molar-refractivity contribution in [2.45, 2.75) is 18.9 Å². The Bertz CT molecular complexity index is 535. The number of hydrogen-bond acceptors (Lipinski definition) is 5. The molecule has 0 bridgehead atoms. The maximum absolute atomic E-state index is 5.36. The molecule has 2 heterocycles. The summed E-state index contributed by atoms with van der Waals surface area (Å²) in [7, 11) is 1.68. The molecule has 2 aromatic rings. The van der Waals surface area contributed by atoms with Gasteiger partial charge in [0.1, 0.15) is 10.8 Å². The molecule has 1 unspecified atom stereocenters. The zero-order valence-corrected chi connectivity index (χ0v) is 11.0. The molecule has 1 saturated heterocycles. The van der Waals surface area contributed by atoms with Gasteiger partial charge in [-0.15, -0.1) is 10.2 Å². The highest BCUT2D eigenvalue weighted by Crippen LogP contribution is 2.34. The van der Waals surface area contributed by atoms with Crippen molar-refractivity contribution in [2.24, 2.45) is 0 Å². The van der Waals surface area contributed by atoms with Crippen LogP contribution in [0.5, 0.6) is 5.75 Å². The molecule has 0 aliphatic carbocycles. The zero-order valence-electron chi connectivity index (χ0n) is 10.2. The largest absolute Gasteiger partial charge is 0.496 e. The van der Waals surface area contributed by atoms with Gasteiger partial charge in [-0.25, -0.2) is 0 Å². The van der Waals surface area contributed by atoms with E-state index in [1.54, 1.807) is 18.4 Å². The van der Waals surface area contributed by atoms with Crippen molar-refractivity contribution in [3.63, 3.8) is 0 Å². The molecular weight excluding hydrogens is 246 g/mol. The lowest BCUT2D eigenvalue weighted by Gasteiger charge is -2.04. The van der Waals surface area contributed by atoms with E-state index in [1.165, 1.54) is 6.42 Å². The lowest BCUT2D eigenvalue weighted by Crippen LogP contribution is -2.12. The Morgan fingerprint density at radius 1 is 1.33 bits per heavy atom. The quantitative estimate of drug-likeness (QED) is 0.922. The average molecular weight is 261 g/mol. The first kappa shape index (κ1) is 11.6. The molecule has 1 aliphatic heterocycles. The summed E-state index contributed by atoms with van der Waals surface area (Å²) in [5, 5.41) is 14.0. The number of methoxy groups -OCH3 is 1. The molecule has 1 N–H and O–H groups in total. The first-order valence-electron chi connectivity index (χ1n) is 6.08. The number of hydrogen-bond donors (Lipinski definition) is 1. The van der Waals surface area contributed by atoms with Crippen molar-refractivity contribution in [3.8, 4) is 16.3 Å². The minimum Gasteiger partial charge on any atom is -0.496 e. The fourth-order valence-electron chi connectivity index (χ4n) is 2.20. The lowest BCUT2D eigenvalue weighted by atomic mass is 10.2. The molecule has 1 aromatic carbocycles. The fourth-order valence-corrected chi connectivity index (χ4v) is 3.18. The highest BCUT2D eigenvalue weighted by Gasteiger charge is 2.21. The van der Waals surface area contributed by atoms with E-state index in [0.717, 1.165) is 34.3 Å². The average Bonchev–Trinajstić information content (AvgIpc) is 3.09. The van der Waals surface area contributed by atoms with E-state index < -0.39 is 0 Å². The number of benzene rings is 1. The first-order chi connectivity index (χ1) is 8.88.